The fraction of sp³-hybridized carbons (Fsp3) is 0.235. The summed E-state index contributed by atoms with van der Waals surface area (Å²) in [6.45, 7) is 2.32. The van der Waals surface area contributed by atoms with E-state index in [4.69, 9.17) is 39.5 Å². The van der Waals surface area contributed by atoms with E-state index < -0.39 is 0 Å². The van der Waals surface area contributed by atoms with Crippen molar-refractivity contribution in [3.05, 3.63) is 56.5 Å². The van der Waals surface area contributed by atoms with Crippen molar-refractivity contribution in [2.45, 2.75) is 19.8 Å². The molecular formula is C17H15Cl3O3. The molecular weight excluding hydrogens is 359 g/mol. The van der Waals surface area contributed by atoms with Crippen LogP contribution in [0.1, 0.15) is 28.8 Å². The molecule has 6 heteroatoms. The van der Waals surface area contributed by atoms with Gasteiger partial charge in [0.15, 0.2) is 11.5 Å². The Balaban J connectivity index is 1.88. The second-order valence-corrected chi connectivity index (χ2v) is 6.32. The lowest BCUT2D eigenvalue weighted by Crippen LogP contribution is -2.04. The SMILES string of the molecule is Cc1cc(Cl)ccc1OCCCC(=O)c1cc(Cl)c(O)c(Cl)c1. The zero-order chi connectivity index (χ0) is 17.0. The third-order valence-electron chi connectivity index (χ3n) is 3.28. The molecule has 0 unspecified atom stereocenters. The van der Waals surface area contributed by atoms with Crippen molar-refractivity contribution in [2.75, 3.05) is 6.61 Å². The summed E-state index contributed by atoms with van der Waals surface area (Å²) in [4.78, 5) is 12.1. The van der Waals surface area contributed by atoms with Crippen LogP contribution in [0.4, 0.5) is 0 Å². The number of phenols is 1. The lowest BCUT2D eigenvalue weighted by atomic mass is 10.1. The Morgan fingerprint density at radius 1 is 1.13 bits per heavy atom. The second-order valence-electron chi connectivity index (χ2n) is 5.07. The number of rotatable bonds is 6. The van der Waals surface area contributed by atoms with Crippen molar-refractivity contribution in [2.24, 2.45) is 0 Å². The molecule has 122 valence electrons. The average molecular weight is 374 g/mol. The molecule has 0 saturated heterocycles. The van der Waals surface area contributed by atoms with Crippen molar-refractivity contribution in [3.8, 4) is 11.5 Å². The number of Topliss-reactive ketones (excluding diaryl/α,β-unsaturated/α-hetero) is 1. The number of phenolic OH excluding ortho intramolecular Hbond substituents is 1. The number of carbonyl (C=O) groups is 1. The Bertz CT molecular complexity index is 706. The van der Waals surface area contributed by atoms with Gasteiger partial charge >= 0.3 is 0 Å². The first kappa shape index (κ1) is 17.9. The first-order valence-electron chi connectivity index (χ1n) is 6.98. The van der Waals surface area contributed by atoms with Gasteiger partial charge in [-0.1, -0.05) is 34.8 Å². The Labute approximate surface area is 149 Å². The van der Waals surface area contributed by atoms with E-state index in [9.17, 15) is 9.90 Å². The van der Waals surface area contributed by atoms with Gasteiger partial charge in [-0.15, -0.1) is 0 Å². The van der Waals surface area contributed by atoms with E-state index in [1.807, 2.05) is 13.0 Å². The minimum atomic E-state index is -0.216. The summed E-state index contributed by atoms with van der Waals surface area (Å²) in [6, 6.07) is 8.21. The largest absolute Gasteiger partial charge is 0.505 e. The van der Waals surface area contributed by atoms with Crippen LogP contribution >= 0.6 is 34.8 Å². The molecule has 2 rings (SSSR count). The van der Waals surface area contributed by atoms with E-state index in [2.05, 4.69) is 0 Å². The Morgan fingerprint density at radius 2 is 1.78 bits per heavy atom. The Kier molecular flexibility index (Phi) is 6.17. The molecule has 2 aromatic carbocycles. The number of ketones is 1. The minimum Gasteiger partial charge on any atom is -0.505 e. The van der Waals surface area contributed by atoms with Gasteiger partial charge < -0.3 is 9.84 Å². The maximum absolute atomic E-state index is 12.1. The zero-order valence-corrected chi connectivity index (χ0v) is 14.7. The summed E-state index contributed by atoms with van der Waals surface area (Å²) in [5.74, 6) is 0.425. The van der Waals surface area contributed by atoms with Crippen molar-refractivity contribution < 1.29 is 14.6 Å². The lowest BCUT2D eigenvalue weighted by Gasteiger charge is -2.09. The van der Waals surface area contributed by atoms with Crippen LogP contribution in [0.5, 0.6) is 11.5 Å². The van der Waals surface area contributed by atoms with Crippen LogP contribution in [0.25, 0.3) is 0 Å². The highest BCUT2D eigenvalue weighted by atomic mass is 35.5. The van der Waals surface area contributed by atoms with Crippen molar-refractivity contribution in [1.82, 2.24) is 0 Å². The van der Waals surface area contributed by atoms with Crippen molar-refractivity contribution in [1.29, 1.82) is 0 Å². The molecule has 0 aromatic heterocycles. The highest BCUT2D eigenvalue weighted by Gasteiger charge is 2.12. The Hall–Kier alpha value is -1.42. The number of ether oxygens (including phenoxy) is 1. The number of benzene rings is 2. The molecule has 23 heavy (non-hydrogen) atoms. The number of halogens is 3. The Morgan fingerprint density at radius 3 is 2.39 bits per heavy atom. The molecule has 0 fully saturated rings. The molecule has 0 radical (unpaired) electrons. The monoisotopic (exact) mass is 372 g/mol. The fourth-order valence-electron chi connectivity index (χ4n) is 2.06. The normalized spacial score (nSPS) is 10.6. The topological polar surface area (TPSA) is 46.5 Å². The number of aromatic hydroxyl groups is 1. The summed E-state index contributed by atoms with van der Waals surface area (Å²) in [7, 11) is 0. The first-order chi connectivity index (χ1) is 10.9. The average Bonchev–Trinajstić information content (AvgIpc) is 2.50. The number of hydrogen-bond acceptors (Lipinski definition) is 3. The van der Waals surface area contributed by atoms with Crippen LogP contribution < -0.4 is 4.74 Å². The molecule has 3 nitrogen and oxygen atoms in total. The number of hydrogen-bond donors (Lipinski definition) is 1. The second kappa shape index (κ2) is 7.91. The highest BCUT2D eigenvalue weighted by Crippen LogP contribution is 2.33. The third kappa shape index (κ3) is 4.77. The predicted octanol–water partition coefficient (Wildman–Crippen LogP) is 5.70. The van der Waals surface area contributed by atoms with Gasteiger partial charge in [-0.3, -0.25) is 4.79 Å². The van der Waals surface area contributed by atoms with E-state index in [1.54, 1.807) is 12.1 Å². The molecule has 0 aliphatic carbocycles. The van der Waals surface area contributed by atoms with E-state index in [1.165, 1.54) is 12.1 Å². The van der Waals surface area contributed by atoms with Crippen LogP contribution in [0.2, 0.25) is 15.1 Å². The summed E-state index contributed by atoms with van der Waals surface area (Å²) in [5.41, 5.74) is 1.32. The summed E-state index contributed by atoms with van der Waals surface area (Å²) in [6.07, 6.45) is 0.848. The first-order valence-corrected chi connectivity index (χ1v) is 8.12. The molecule has 1 N–H and O–H groups in total. The third-order valence-corrected chi connectivity index (χ3v) is 4.09. The fourth-order valence-corrected chi connectivity index (χ4v) is 2.77. The van der Waals surface area contributed by atoms with Gasteiger partial charge in [0.25, 0.3) is 0 Å². The van der Waals surface area contributed by atoms with Crippen LogP contribution in [-0.2, 0) is 0 Å². The molecule has 0 heterocycles. The van der Waals surface area contributed by atoms with Crippen LogP contribution in [-0.4, -0.2) is 17.5 Å². The molecule has 0 amide bonds. The molecule has 0 atom stereocenters. The van der Waals surface area contributed by atoms with Crippen LogP contribution in [0, 0.1) is 6.92 Å². The molecule has 0 saturated carbocycles. The molecule has 0 bridgehead atoms. The van der Waals surface area contributed by atoms with Gasteiger partial charge in [0.2, 0.25) is 0 Å². The standard InChI is InChI=1S/C17H15Cl3O3/c1-10-7-12(18)4-5-16(10)23-6-2-3-15(21)11-8-13(19)17(22)14(20)9-11/h4-5,7-9,22H,2-3,6H2,1H3. The highest BCUT2D eigenvalue weighted by molar-refractivity contribution is 6.37. The van der Waals surface area contributed by atoms with Gasteiger partial charge in [-0.2, -0.15) is 0 Å². The van der Waals surface area contributed by atoms with E-state index >= 15 is 0 Å². The summed E-state index contributed by atoms with van der Waals surface area (Å²) < 4.78 is 5.64. The van der Waals surface area contributed by atoms with Crippen molar-refractivity contribution in [3.63, 3.8) is 0 Å². The quantitative estimate of drug-likeness (QED) is 0.521. The summed E-state index contributed by atoms with van der Waals surface area (Å²) in [5, 5.41) is 10.3. The zero-order valence-electron chi connectivity index (χ0n) is 12.4. The van der Waals surface area contributed by atoms with Crippen LogP contribution in [0.15, 0.2) is 30.3 Å². The van der Waals surface area contributed by atoms with E-state index in [0.29, 0.717) is 30.0 Å². The molecule has 0 spiro atoms. The van der Waals surface area contributed by atoms with Crippen LogP contribution in [0.3, 0.4) is 0 Å². The number of aryl methyl sites for hydroxylation is 1. The smallest absolute Gasteiger partial charge is 0.163 e. The maximum Gasteiger partial charge on any atom is 0.163 e. The van der Waals surface area contributed by atoms with Gasteiger partial charge in [0, 0.05) is 17.0 Å². The molecule has 2 aromatic rings. The minimum absolute atomic E-state index is 0.0638. The van der Waals surface area contributed by atoms with Gasteiger partial charge in [0.1, 0.15) is 5.75 Å². The van der Waals surface area contributed by atoms with Gasteiger partial charge in [-0.05, 0) is 49.2 Å². The van der Waals surface area contributed by atoms with Gasteiger partial charge in [0.05, 0.1) is 16.7 Å². The molecule has 0 aliphatic heterocycles. The predicted molar refractivity (Wildman–Crippen MR) is 93.4 cm³/mol. The van der Waals surface area contributed by atoms with Crippen molar-refractivity contribution >= 4 is 40.6 Å². The maximum atomic E-state index is 12.1. The van der Waals surface area contributed by atoms with E-state index in [0.717, 1.165) is 11.3 Å². The summed E-state index contributed by atoms with van der Waals surface area (Å²) >= 11 is 17.5. The van der Waals surface area contributed by atoms with E-state index in [-0.39, 0.29) is 21.6 Å². The van der Waals surface area contributed by atoms with Gasteiger partial charge in [-0.25, -0.2) is 0 Å². The number of carbonyl (C=O) groups excluding carboxylic acids is 1. The molecule has 0 aliphatic rings. The lowest BCUT2D eigenvalue weighted by molar-refractivity contribution is 0.0973.